The van der Waals surface area contributed by atoms with Crippen molar-refractivity contribution in [3.05, 3.63) is 182 Å². The summed E-state index contributed by atoms with van der Waals surface area (Å²) in [6.45, 7) is 0. The maximum Gasteiger partial charge on any atom is 0.159 e. The molecule has 8 aromatic carbocycles. The summed E-state index contributed by atoms with van der Waals surface area (Å²) in [7, 11) is 0. The van der Waals surface area contributed by atoms with Crippen molar-refractivity contribution in [3.8, 4) is 0 Å². The zero-order chi connectivity index (χ0) is 34.9. The van der Waals surface area contributed by atoms with Crippen LogP contribution in [0.5, 0.6) is 0 Å². The Morgan fingerprint density at radius 3 is 1.21 bits per heavy atom. The van der Waals surface area contributed by atoms with E-state index in [0.29, 0.717) is 0 Å². The van der Waals surface area contributed by atoms with Crippen molar-refractivity contribution in [1.82, 2.24) is 0 Å². The Morgan fingerprint density at radius 2 is 0.736 bits per heavy atom. The predicted octanol–water partition coefficient (Wildman–Crippen LogP) is 14.8. The lowest BCUT2D eigenvalue weighted by Crippen LogP contribution is -2.10. The van der Waals surface area contributed by atoms with Crippen molar-refractivity contribution in [2.45, 2.75) is 0 Å². The van der Waals surface area contributed by atoms with Crippen LogP contribution in [0.3, 0.4) is 0 Å². The average molecular weight is 699 g/mol. The molecule has 0 amide bonds. The Morgan fingerprint density at radius 1 is 0.321 bits per heavy atom. The molecule has 0 aliphatic rings. The molecule has 11 aromatic rings. The van der Waals surface area contributed by atoms with Crippen molar-refractivity contribution in [2.24, 2.45) is 0 Å². The van der Waals surface area contributed by atoms with E-state index in [0.717, 1.165) is 78.0 Å². The van der Waals surface area contributed by atoms with Crippen LogP contribution in [0.25, 0.3) is 64.0 Å². The largest absolute Gasteiger partial charge is 0.454 e. The maximum absolute atomic E-state index is 6.57. The summed E-state index contributed by atoms with van der Waals surface area (Å²) in [5.74, 6) is 0. The molecule has 0 atom stereocenters. The lowest BCUT2D eigenvalue weighted by atomic mass is 10.1. The molecule has 53 heavy (non-hydrogen) atoms. The van der Waals surface area contributed by atoms with E-state index in [1.807, 2.05) is 35.6 Å². The van der Waals surface area contributed by atoms with Crippen LogP contribution in [-0.2, 0) is 0 Å². The second kappa shape index (κ2) is 11.9. The van der Waals surface area contributed by atoms with E-state index in [4.69, 9.17) is 8.83 Å². The summed E-state index contributed by atoms with van der Waals surface area (Å²) < 4.78 is 15.6. The fraction of sp³-hybridized carbons (Fsp3) is 0. The van der Waals surface area contributed by atoms with Crippen molar-refractivity contribution in [3.63, 3.8) is 0 Å². The first-order chi connectivity index (χ1) is 26.3. The molecular formula is C48H30N2O2S. The number of fused-ring (bicyclic) bond motifs is 9. The molecule has 0 aliphatic heterocycles. The van der Waals surface area contributed by atoms with Crippen molar-refractivity contribution < 1.29 is 8.83 Å². The van der Waals surface area contributed by atoms with E-state index in [2.05, 4.69) is 168 Å². The highest BCUT2D eigenvalue weighted by atomic mass is 32.1. The third-order valence-corrected chi connectivity index (χ3v) is 11.4. The Labute approximate surface area is 308 Å². The molecule has 3 heterocycles. The number of furan rings is 2. The first-order valence-electron chi connectivity index (χ1n) is 17.8. The molecule has 0 aliphatic carbocycles. The first kappa shape index (κ1) is 29.9. The van der Waals surface area contributed by atoms with Crippen LogP contribution >= 0.6 is 11.3 Å². The van der Waals surface area contributed by atoms with Gasteiger partial charge in [-0.25, -0.2) is 0 Å². The SMILES string of the molecule is c1ccc(N(c2ccc3sc4ccc(N(c5ccccc5)c5cccc6c5oc5ccccc56)cc4c3c2)c2cccc3c2oc2ccccc23)cc1. The standard InChI is InChI=1S/C48H30N2O2S/c1-3-13-31(14-4-1)49(41-21-11-19-37-35-17-7-9-23-43(35)51-47(37)41)33-25-27-45-39(29-33)40-30-34(26-28-46(40)53-45)50(32-15-5-2-6-16-32)42-22-12-20-38-36-18-8-10-24-44(36)52-48(38)42/h1-30H. The number of anilines is 6. The molecule has 3 aromatic heterocycles. The number of para-hydroxylation sites is 6. The van der Waals surface area contributed by atoms with E-state index in [9.17, 15) is 0 Å². The van der Waals surface area contributed by atoms with Gasteiger partial charge in [-0.3, -0.25) is 0 Å². The molecule has 0 saturated carbocycles. The number of thiophene rings is 1. The van der Waals surface area contributed by atoms with E-state index in [1.165, 1.54) is 20.2 Å². The van der Waals surface area contributed by atoms with Crippen LogP contribution in [0.15, 0.2) is 191 Å². The van der Waals surface area contributed by atoms with Gasteiger partial charge in [0.1, 0.15) is 11.2 Å². The lowest BCUT2D eigenvalue weighted by Gasteiger charge is -2.26. The van der Waals surface area contributed by atoms with E-state index >= 15 is 0 Å². The smallest absolute Gasteiger partial charge is 0.159 e. The van der Waals surface area contributed by atoms with Crippen LogP contribution in [0, 0.1) is 0 Å². The van der Waals surface area contributed by atoms with Crippen LogP contribution in [0.4, 0.5) is 34.1 Å². The molecule has 4 nitrogen and oxygen atoms in total. The molecule has 0 bridgehead atoms. The van der Waals surface area contributed by atoms with Gasteiger partial charge in [0.05, 0.1) is 11.4 Å². The van der Waals surface area contributed by atoms with Gasteiger partial charge in [0.2, 0.25) is 0 Å². The van der Waals surface area contributed by atoms with Gasteiger partial charge >= 0.3 is 0 Å². The molecule has 0 saturated heterocycles. The summed E-state index contributed by atoms with van der Waals surface area (Å²) in [4.78, 5) is 4.63. The van der Waals surface area contributed by atoms with Crippen molar-refractivity contribution >= 4 is 110 Å². The molecule has 11 rings (SSSR count). The van der Waals surface area contributed by atoms with Gasteiger partial charge in [0.25, 0.3) is 0 Å². The number of rotatable bonds is 6. The van der Waals surface area contributed by atoms with E-state index < -0.39 is 0 Å². The summed E-state index contributed by atoms with van der Waals surface area (Å²) in [5, 5.41) is 6.85. The fourth-order valence-corrected chi connectivity index (χ4v) is 8.92. The zero-order valence-electron chi connectivity index (χ0n) is 28.4. The third kappa shape index (κ3) is 4.75. The minimum Gasteiger partial charge on any atom is -0.454 e. The second-order valence-electron chi connectivity index (χ2n) is 13.3. The van der Waals surface area contributed by atoms with Gasteiger partial charge < -0.3 is 18.6 Å². The van der Waals surface area contributed by atoms with Gasteiger partial charge in [-0.15, -0.1) is 11.3 Å². The first-order valence-corrected chi connectivity index (χ1v) is 18.6. The monoisotopic (exact) mass is 698 g/mol. The molecule has 250 valence electrons. The Hall–Kier alpha value is -6.82. The van der Waals surface area contributed by atoms with Gasteiger partial charge in [-0.05, 0) is 84.9 Å². The number of nitrogens with zero attached hydrogens (tertiary/aromatic N) is 2. The van der Waals surface area contributed by atoms with E-state index in [-0.39, 0.29) is 0 Å². The summed E-state index contributed by atoms with van der Waals surface area (Å²) in [6, 6.07) is 64.1. The highest BCUT2D eigenvalue weighted by Gasteiger charge is 2.22. The fourth-order valence-electron chi connectivity index (χ4n) is 7.86. The van der Waals surface area contributed by atoms with Gasteiger partial charge in [0.15, 0.2) is 11.2 Å². The molecule has 0 fully saturated rings. The topological polar surface area (TPSA) is 32.8 Å². The molecule has 0 N–H and O–H groups in total. The molecule has 0 radical (unpaired) electrons. The van der Waals surface area contributed by atoms with E-state index in [1.54, 1.807) is 0 Å². The summed E-state index contributed by atoms with van der Waals surface area (Å²) >= 11 is 1.82. The molecule has 0 unspecified atom stereocenters. The van der Waals surface area contributed by atoms with Crippen molar-refractivity contribution in [1.29, 1.82) is 0 Å². The van der Waals surface area contributed by atoms with Crippen molar-refractivity contribution in [2.75, 3.05) is 9.80 Å². The van der Waals surface area contributed by atoms with Crippen LogP contribution in [0.2, 0.25) is 0 Å². The minimum atomic E-state index is 0.869. The lowest BCUT2D eigenvalue weighted by molar-refractivity contribution is 0.668. The third-order valence-electron chi connectivity index (χ3n) is 10.2. The molecule has 0 spiro atoms. The normalized spacial score (nSPS) is 11.8. The van der Waals surface area contributed by atoms with Crippen LogP contribution in [0.1, 0.15) is 0 Å². The maximum atomic E-state index is 6.57. The highest BCUT2D eigenvalue weighted by Crippen LogP contribution is 2.47. The predicted molar refractivity (Wildman–Crippen MR) is 223 cm³/mol. The average Bonchev–Trinajstić information content (AvgIpc) is 3.91. The second-order valence-corrected chi connectivity index (χ2v) is 14.4. The van der Waals surface area contributed by atoms with Gasteiger partial charge in [-0.1, -0.05) is 97.1 Å². The molecule has 5 heteroatoms. The highest BCUT2D eigenvalue weighted by molar-refractivity contribution is 7.25. The number of benzene rings is 8. The minimum absolute atomic E-state index is 0.869. The van der Waals surface area contributed by atoms with Gasteiger partial charge in [0, 0.05) is 64.5 Å². The zero-order valence-corrected chi connectivity index (χ0v) is 29.3. The Balaban J connectivity index is 1.12. The number of hydrogen-bond acceptors (Lipinski definition) is 5. The quantitative estimate of drug-likeness (QED) is 0.173. The van der Waals surface area contributed by atoms with Crippen LogP contribution in [-0.4, -0.2) is 0 Å². The Bertz CT molecular complexity index is 2930. The summed E-state index contributed by atoms with van der Waals surface area (Å²) in [5.41, 5.74) is 9.76. The summed E-state index contributed by atoms with van der Waals surface area (Å²) in [6.07, 6.45) is 0. The van der Waals surface area contributed by atoms with Crippen LogP contribution < -0.4 is 9.80 Å². The van der Waals surface area contributed by atoms with Gasteiger partial charge in [-0.2, -0.15) is 0 Å². The molecular weight excluding hydrogens is 669 g/mol. The number of hydrogen-bond donors (Lipinski definition) is 0. The Kier molecular flexibility index (Phi) is 6.69.